The number of hydrogen-bond donors (Lipinski definition) is 2. The van der Waals surface area contributed by atoms with Gasteiger partial charge in [-0.15, -0.1) is 0 Å². The molecule has 1 rings (SSSR count). The zero-order valence-corrected chi connectivity index (χ0v) is 8.07. The molecule has 1 heterocycles. The van der Waals surface area contributed by atoms with Crippen LogP contribution in [0, 0.1) is 11.3 Å². The lowest BCUT2D eigenvalue weighted by Gasteiger charge is -2.08. The SMILES string of the molecule is CC(O)CCNc1cccnc1C#N. The second-order valence-corrected chi connectivity index (χ2v) is 3.08. The lowest BCUT2D eigenvalue weighted by atomic mass is 10.2. The van der Waals surface area contributed by atoms with Gasteiger partial charge in [-0.05, 0) is 25.5 Å². The fraction of sp³-hybridized carbons (Fsp3) is 0.400. The van der Waals surface area contributed by atoms with Crippen molar-refractivity contribution < 1.29 is 5.11 Å². The first kappa shape index (κ1) is 10.5. The van der Waals surface area contributed by atoms with Crippen LogP contribution in [0.2, 0.25) is 0 Å². The summed E-state index contributed by atoms with van der Waals surface area (Å²) >= 11 is 0. The predicted molar refractivity (Wildman–Crippen MR) is 53.7 cm³/mol. The lowest BCUT2D eigenvalue weighted by Crippen LogP contribution is -2.10. The Balaban J connectivity index is 2.54. The first-order chi connectivity index (χ1) is 6.74. The molecule has 0 aromatic carbocycles. The van der Waals surface area contributed by atoms with Crippen molar-refractivity contribution in [3.05, 3.63) is 24.0 Å². The quantitative estimate of drug-likeness (QED) is 0.748. The number of nitriles is 1. The maximum Gasteiger partial charge on any atom is 0.163 e. The Morgan fingerprint density at radius 2 is 2.50 bits per heavy atom. The highest BCUT2D eigenvalue weighted by molar-refractivity contribution is 5.53. The average Bonchev–Trinajstić information content (AvgIpc) is 2.18. The Labute approximate surface area is 83.2 Å². The Bertz CT molecular complexity index is 330. The molecule has 1 atom stereocenters. The minimum Gasteiger partial charge on any atom is -0.393 e. The molecule has 4 heteroatoms. The van der Waals surface area contributed by atoms with Crippen molar-refractivity contribution in [3.63, 3.8) is 0 Å². The van der Waals surface area contributed by atoms with Crippen molar-refractivity contribution in [2.45, 2.75) is 19.4 Å². The van der Waals surface area contributed by atoms with E-state index in [0.717, 1.165) is 5.69 Å². The van der Waals surface area contributed by atoms with Crippen LogP contribution in [-0.4, -0.2) is 22.7 Å². The molecule has 0 aliphatic heterocycles. The molecule has 1 aromatic rings. The molecular weight excluding hydrogens is 178 g/mol. The van der Waals surface area contributed by atoms with Gasteiger partial charge in [0.05, 0.1) is 11.8 Å². The summed E-state index contributed by atoms with van der Waals surface area (Å²) in [4.78, 5) is 3.91. The molecule has 0 fully saturated rings. The first-order valence-corrected chi connectivity index (χ1v) is 4.51. The van der Waals surface area contributed by atoms with E-state index in [2.05, 4.69) is 10.3 Å². The van der Waals surface area contributed by atoms with Crippen LogP contribution < -0.4 is 5.32 Å². The minimum absolute atomic E-state index is 0.329. The number of pyridine rings is 1. The summed E-state index contributed by atoms with van der Waals surface area (Å²) in [7, 11) is 0. The number of anilines is 1. The molecule has 1 aromatic heterocycles. The normalized spacial score (nSPS) is 11.8. The van der Waals surface area contributed by atoms with Crippen LogP contribution in [0.1, 0.15) is 19.0 Å². The summed E-state index contributed by atoms with van der Waals surface area (Å²) in [6.07, 6.45) is 1.91. The number of aromatic nitrogens is 1. The molecule has 0 spiro atoms. The number of nitrogens with one attached hydrogen (secondary N) is 1. The molecule has 2 N–H and O–H groups in total. The fourth-order valence-corrected chi connectivity index (χ4v) is 1.05. The van der Waals surface area contributed by atoms with Gasteiger partial charge in [0.15, 0.2) is 5.69 Å². The zero-order valence-electron chi connectivity index (χ0n) is 8.07. The van der Waals surface area contributed by atoms with E-state index in [9.17, 15) is 0 Å². The molecule has 0 aliphatic carbocycles. The number of rotatable bonds is 4. The van der Waals surface area contributed by atoms with Crippen LogP contribution in [0.5, 0.6) is 0 Å². The third-order valence-electron chi connectivity index (χ3n) is 1.79. The number of aliphatic hydroxyl groups is 1. The minimum atomic E-state index is -0.329. The first-order valence-electron chi connectivity index (χ1n) is 4.51. The van der Waals surface area contributed by atoms with Gasteiger partial charge in [-0.25, -0.2) is 4.98 Å². The Morgan fingerprint density at radius 1 is 1.71 bits per heavy atom. The van der Waals surface area contributed by atoms with Gasteiger partial charge in [0.2, 0.25) is 0 Å². The second kappa shape index (κ2) is 5.20. The van der Waals surface area contributed by atoms with Gasteiger partial charge in [0.1, 0.15) is 6.07 Å². The van der Waals surface area contributed by atoms with Crippen molar-refractivity contribution in [1.82, 2.24) is 4.98 Å². The van der Waals surface area contributed by atoms with E-state index in [0.29, 0.717) is 18.7 Å². The summed E-state index contributed by atoms with van der Waals surface area (Å²) < 4.78 is 0. The molecule has 4 nitrogen and oxygen atoms in total. The van der Waals surface area contributed by atoms with Crippen LogP contribution in [0.25, 0.3) is 0 Å². The van der Waals surface area contributed by atoms with Crippen molar-refractivity contribution in [2.24, 2.45) is 0 Å². The number of nitrogens with zero attached hydrogens (tertiary/aromatic N) is 2. The number of hydrogen-bond acceptors (Lipinski definition) is 4. The summed E-state index contributed by atoms with van der Waals surface area (Å²) in [5, 5.41) is 20.8. The molecule has 14 heavy (non-hydrogen) atoms. The van der Waals surface area contributed by atoms with E-state index in [1.807, 2.05) is 6.07 Å². The molecule has 0 aliphatic rings. The van der Waals surface area contributed by atoms with E-state index in [1.54, 1.807) is 25.3 Å². The summed E-state index contributed by atoms with van der Waals surface area (Å²) in [6, 6.07) is 5.57. The van der Waals surface area contributed by atoms with Crippen molar-refractivity contribution in [3.8, 4) is 6.07 Å². The summed E-state index contributed by atoms with van der Waals surface area (Å²) in [5.74, 6) is 0. The van der Waals surface area contributed by atoms with Gasteiger partial charge >= 0.3 is 0 Å². The smallest absolute Gasteiger partial charge is 0.163 e. The molecule has 0 bridgehead atoms. The molecule has 0 radical (unpaired) electrons. The van der Waals surface area contributed by atoms with E-state index in [1.165, 1.54) is 0 Å². The van der Waals surface area contributed by atoms with Gasteiger partial charge < -0.3 is 10.4 Å². The fourth-order valence-electron chi connectivity index (χ4n) is 1.05. The third kappa shape index (κ3) is 3.04. The Hall–Kier alpha value is -1.60. The Morgan fingerprint density at radius 3 is 3.14 bits per heavy atom. The van der Waals surface area contributed by atoms with Crippen LogP contribution in [0.4, 0.5) is 5.69 Å². The molecule has 0 amide bonds. The van der Waals surface area contributed by atoms with Crippen LogP contribution in [0.15, 0.2) is 18.3 Å². The van der Waals surface area contributed by atoms with Gasteiger partial charge in [0.25, 0.3) is 0 Å². The molecule has 0 saturated heterocycles. The Kier molecular flexibility index (Phi) is 3.89. The highest BCUT2D eigenvalue weighted by Crippen LogP contribution is 2.10. The van der Waals surface area contributed by atoms with Gasteiger partial charge in [-0.3, -0.25) is 0 Å². The van der Waals surface area contributed by atoms with E-state index < -0.39 is 0 Å². The largest absolute Gasteiger partial charge is 0.393 e. The lowest BCUT2D eigenvalue weighted by molar-refractivity contribution is 0.189. The molecule has 74 valence electrons. The highest BCUT2D eigenvalue weighted by atomic mass is 16.3. The maximum absolute atomic E-state index is 9.04. The van der Waals surface area contributed by atoms with E-state index in [-0.39, 0.29) is 6.10 Å². The standard InChI is InChI=1S/C10H13N3O/c1-8(14)4-6-13-9-3-2-5-12-10(9)7-11/h2-3,5,8,13-14H,4,6H2,1H3. The molecule has 1 unspecified atom stereocenters. The molecular formula is C10H13N3O. The van der Waals surface area contributed by atoms with E-state index >= 15 is 0 Å². The maximum atomic E-state index is 9.04. The van der Waals surface area contributed by atoms with Gasteiger partial charge in [-0.1, -0.05) is 0 Å². The van der Waals surface area contributed by atoms with Crippen molar-refractivity contribution in [2.75, 3.05) is 11.9 Å². The van der Waals surface area contributed by atoms with Gasteiger partial charge in [0, 0.05) is 12.7 Å². The summed E-state index contributed by atoms with van der Waals surface area (Å²) in [5.41, 5.74) is 1.11. The number of aliphatic hydroxyl groups excluding tert-OH is 1. The van der Waals surface area contributed by atoms with Crippen LogP contribution >= 0.6 is 0 Å². The van der Waals surface area contributed by atoms with Crippen LogP contribution in [0.3, 0.4) is 0 Å². The van der Waals surface area contributed by atoms with Crippen LogP contribution in [-0.2, 0) is 0 Å². The second-order valence-electron chi connectivity index (χ2n) is 3.08. The molecule has 0 saturated carbocycles. The monoisotopic (exact) mass is 191 g/mol. The average molecular weight is 191 g/mol. The van der Waals surface area contributed by atoms with Crippen molar-refractivity contribution in [1.29, 1.82) is 5.26 Å². The highest BCUT2D eigenvalue weighted by Gasteiger charge is 2.01. The van der Waals surface area contributed by atoms with Crippen molar-refractivity contribution >= 4 is 5.69 Å². The summed E-state index contributed by atoms with van der Waals surface area (Å²) in [6.45, 7) is 2.37. The predicted octanol–water partition coefficient (Wildman–Crippen LogP) is 1.14. The third-order valence-corrected chi connectivity index (χ3v) is 1.79. The zero-order chi connectivity index (χ0) is 10.4. The van der Waals surface area contributed by atoms with Gasteiger partial charge in [-0.2, -0.15) is 5.26 Å². The van der Waals surface area contributed by atoms with E-state index in [4.69, 9.17) is 10.4 Å². The topological polar surface area (TPSA) is 68.9 Å².